The number of likely N-dealkylation sites (tertiary alicyclic amines) is 1. The molecule has 2 saturated heterocycles. The van der Waals surface area contributed by atoms with Gasteiger partial charge in [-0.05, 0) is 37.1 Å². The van der Waals surface area contributed by atoms with Crippen molar-refractivity contribution in [1.82, 2.24) is 9.88 Å². The number of aromatic nitrogens is 1. The minimum atomic E-state index is -0.511. The van der Waals surface area contributed by atoms with E-state index in [-0.39, 0.29) is 18.0 Å². The summed E-state index contributed by atoms with van der Waals surface area (Å²) in [6.07, 6.45) is 4.10. The van der Waals surface area contributed by atoms with Crippen LogP contribution in [0.4, 0.5) is 0 Å². The fourth-order valence-electron chi connectivity index (χ4n) is 2.96. The maximum atomic E-state index is 12.9. The molecule has 124 valence electrons. The van der Waals surface area contributed by atoms with Crippen molar-refractivity contribution < 1.29 is 19.1 Å². The van der Waals surface area contributed by atoms with Gasteiger partial charge in [0.25, 0.3) is 5.91 Å². The first-order valence-corrected chi connectivity index (χ1v) is 8.94. The van der Waals surface area contributed by atoms with E-state index in [1.807, 2.05) is 11.8 Å². The van der Waals surface area contributed by atoms with Gasteiger partial charge >= 0.3 is 5.97 Å². The number of ether oxygens (including phenoxy) is 2. The van der Waals surface area contributed by atoms with E-state index in [0.717, 1.165) is 24.3 Å². The SMILES string of the molecule is COC(=O)C1CCCN1C(=O)c1cccnc1OC1CCSC1. The second kappa shape index (κ2) is 7.21. The lowest BCUT2D eigenvalue weighted by molar-refractivity contribution is -0.145. The summed E-state index contributed by atoms with van der Waals surface area (Å²) in [6, 6.07) is 2.91. The number of hydrogen-bond acceptors (Lipinski definition) is 6. The molecule has 2 aliphatic heterocycles. The molecule has 6 nitrogen and oxygen atoms in total. The maximum absolute atomic E-state index is 12.9. The first-order valence-electron chi connectivity index (χ1n) is 7.79. The van der Waals surface area contributed by atoms with E-state index in [2.05, 4.69) is 4.98 Å². The van der Waals surface area contributed by atoms with Gasteiger partial charge in [-0.25, -0.2) is 9.78 Å². The molecule has 2 aliphatic rings. The summed E-state index contributed by atoms with van der Waals surface area (Å²) in [6.45, 7) is 0.548. The monoisotopic (exact) mass is 336 g/mol. The van der Waals surface area contributed by atoms with Crippen molar-refractivity contribution in [3.63, 3.8) is 0 Å². The van der Waals surface area contributed by atoms with Gasteiger partial charge in [0.05, 0.1) is 7.11 Å². The van der Waals surface area contributed by atoms with Crippen LogP contribution in [0, 0.1) is 0 Å². The molecule has 23 heavy (non-hydrogen) atoms. The van der Waals surface area contributed by atoms with Gasteiger partial charge in [0.1, 0.15) is 17.7 Å². The molecule has 0 aliphatic carbocycles. The Morgan fingerprint density at radius 3 is 3.00 bits per heavy atom. The highest BCUT2D eigenvalue weighted by Crippen LogP contribution is 2.27. The number of carbonyl (C=O) groups excluding carboxylic acids is 2. The average Bonchev–Trinajstić information content (AvgIpc) is 3.25. The van der Waals surface area contributed by atoms with E-state index in [9.17, 15) is 9.59 Å². The van der Waals surface area contributed by atoms with Crippen molar-refractivity contribution >= 4 is 23.6 Å². The number of hydrogen-bond donors (Lipinski definition) is 0. The van der Waals surface area contributed by atoms with Gasteiger partial charge in [0, 0.05) is 18.5 Å². The highest BCUT2D eigenvalue weighted by atomic mass is 32.2. The third-order valence-corrected chi connectivity index (χ3v) is 5.29. The Kier molecular flexibility index (Phi) is 5.05. The number of amides is 1. The lowest BCUT2D eigenvalue weighted by Crippen LogP contribution is -2.41. The third-order valence-electron chi connectivity index (χ3n) is 4.15. The molecule has 1 amide bonds. The number of nitrogens with zero attached hydrogens (tertiary/aromatic N) is 2. The molecule has 3 rings (SSSR count). The van der Waals surface area contributed by atoms with Crippen molar-refractivity contribution in [3.8, 4) is 5.88 Å². The molecule has 1 aromatic rings. The lowest BCUT2D eigenvalue weighted by atomic mass is 10.2. The normalized spacial score (nSPS) is 23.8. The number of thioether (sulfide) groups is 1. The van der Waals surface area contributed by atoms with Crippen LogP contribution in [0.25, 0.3) is 0 Å². The second-order valence-corrected chi connectivity index (χ2v) is 6.79. The van der Waals surface area contributed by atoms with Gasteiger partial charge in [-0.1, -0.05) is 0 Å². The molecule has 0 aromatic carbocycles. The van der Waals surface area contributed by atoms with Crippen LogP contribution in [-0.2, 0) is 9.53 Å². The van der Waals surface area contributed by atoms with Crippen LogP contribution in [0.15, 0.2) is 18.3 Å². The Morgan fingerprint density at radius 1 is 1.39 bits per heavy atom. The summed E-state index contributed by atoms with van der Waals surface area (Å²) in [4.78, 5) is 30.5. The van der Waals surface area contributed by atoms with Gasteiger partial charge in [0.15, 0.2) is 0 Å². The summed E-state index contributed by atoms with van der Waals surface area (Å²) >= 11 is 1.84. The minimum absolute atomic E-state index is 0.0939. The summed E-state index contributed by atoms with van der Waals surface area (Å²) in [7, 11) is 1.35. The van der Waals surface area contributed by atoms with Gasteiger partial charge in [-0.15, -0.1) is 0 Å². The highest BCUT2D eigenvalue weighted by Gasteiger charge is 2.36. The molecular weight excluding hydrogens is 316 g/mol. The molecule has 0 N–H and O–H groups in total. The summed E-state index contributed by atoms with van der Waals surface area (Å²) in [5, 5.41) is 0. The van der Waals surface area contributed by atoms with Gasteiger partial charge in [-0.3, -0.25) is 4.79 Å². The van der Waals surface area contributed by atoms with Gasteiger partial charge in [0.2, 0.25) is 5.88 Å². The van der Waals surface area contributed by atoms with Crippen LogP contribution in [0.5, 0.6) is 5.88 Å². The number of methoxy groups -OCH3 is 1. The Hall–Kier alpha value is -1.76. The molecular formula is C16H20N2O4S. The van der Waals surface area contributed by atoms with Crippen LogP contribution in [-0.4, -0.2) is 59.1 Å². The lowest BCUT2D eigenvalue weighted by Gasteiger charge is -2.23. The quantitative estimate of drug-likeness (QED) is 0.780. The summed E-state index contributed by atoms with van der Waals surface area (Å²) in [5.74, 6) is 1.76. The highest BCUT2D eigenvalue weighted by molar-refractivity contribution is 7.99. The molecule has 2 fully saturated rings. The molecule has 7 heteroatoms. The third kappa shape index (κ3) is 3.44. The minimum Gasteiger partial charge on any atom is -0.473 e. The fraction of sp³-hybridized carbons (Fsp3) is 0.562. The van der Waals surface area contributed by atoms with E-state index < -0.39 is 6.04 Å². The molecule has 2 unspecified atom stereocenters. The zero-order valence-corrected chi connectivity index (χ0v) is 13.9. The van der Waals surface area contributed by atoms with Crippen molar-refractivity contribution in [2.24, 2.45) is 0 Å². The molecule has 3 heterocycles. The second-order valence-electron chi connectivity index (χ2n) is 5.64. The van der Waals surface area contributed by atoms with Crippen LogP contribution in [0.1, 0.15) is 29.6 Å². The van der Waals surface area contributed by atoms with Crippen molar-refractivity contribution in [2.75, 3.05) is 25.2 Å². The van der Waals surface area contributed by atoms with Gasteiger partial charge < -0.3 is 14.4 Å². The Balaban J connectivity index is 1.80. The van der Waals surface area contributed by atoms with Crippen molar-refractivity contribution in [3.05, 3.63) is 23.9 Å². The van der Waals surface area contributed by atoms with E-state index in [1.54, 1.807) is 23.2 Å². The average molecular weight is 336 g/mol. The summed E-state index contributed by atoms with van der Waals surface area (Å²) in [5.41, 5.74) is 0.417. The molecule has 0 saturated carbocycles. The molecule has 0 radical (unpaired) electrons. The standard InChI is InChI=1S/C16H20N2O4S/c1-21-16(20)13-5-3-8-18(13)15(19)12-4-2-7-17-14(12)22-11-6-9-23-10-11/h2,4,7,11,13H,3,5-6,8-10H2,1H3. The van der Waals surface area contributed by atoms with Gasteiger partial charge in [-0.2, -0.15) is 11.8 Å². The first kappa shape index (κ1) is 16.1. The topological polar surface area (TPSA) is 68.7 Å². The maximum Gasteiger partial charge on any atom is 0.328 e. The Labute approximate surface area is 139 Å². The molecule has 0 spiro atoms. The zero-order chi connectivity index (χ0) is 16.2. The molecule has 0 bridgehead atoms. The molecule has 2 atom stereocenters. The van der Waals surface area contributed by atoms with Crippen molar-refractivity contribution in [1.29, 1.82) is 0 Å². The Morgan fingerprint density at radius 2 is 2.26 bits per heavy atom. The predicted molar refractivity (Wildman–Crippen MR) is 86.7 cm³/mol. The number of carbonyl (C=O) groups is 2. The Bertz CT molecular complexity index is 589. The largest absolute Gasteiger partial charge is 0.473 e. The number of esters is 1. The van der Waals surface area contributed by atoms with E-state index in [0.29, 0.717) is 24.4 Å². The van der Waals surface area contributed by atoms with E-state index in [4.69, 9.17) is 9.47 Å². The zero-order valence-electron chi connectivity index (χ0n) is 13.1. The van der Waals surface area contributed by atoms with Crippen LogP contribution < -0.4 is 4.74 Å². The number of rotatable bonds is 4. The number of pyridine rings is 1. The van der Waals surface area contributed by atoms with E-state index in [1.165, 1.54) is 7.11 Å². The predicted octanol–water partition coefficient (Wildman–Crippen LogP) is 1.74. The van der Waals surface area contributed by atoms with Crippen LogP contribution >= 0.6 is 11.8 Å². The fourth-order valence-corrected chi connectivity index (χ4v) is 4.05. The van der Waals surface area contributed by atoms with Crippen molar-refractivity contribution in [2.45, 2.75) is 31.4 Å². The molecule has 1 aromatic heterocycles. The van der Waals surface area contributed by atoms with E-state index >= 15 is 0 Å². The first-order chi connectivity index (χ1) is 11.2. The van der Waals surface area contributed by atoms with Crippen LogP contribution in [0.3, 0.4) is 0 Å². The summed E-state index contributed by atoms with van der Waals surface area (Å²) < 4.78 is 10.7. The van der Waals surface area contributed by atoms with Crippen LogP contribution in [0.2, 0.25) is 0 Å². The smallest absolute Gasteiger partial charge is 0.328 e.